The minimum atomic E-state index is -0.160. The van der Waals surface area contributed by atoms with Crippen LogP contribution in [0.1, 0.15) is 27.9 Å². The zero-order valence-corrected chi connectivity index (χ0v) is 11.7. The highest BCUT2D eigenvalue weighted by Gasteiger charge is 2.14. The van der Waals surface area contributed by atoms with Gasteiger partial charge in [0.05, 0.1) is 10.7 Å². The van der Waals surface area contributed by atoms with Crippen molar-refractivity contribution in [3.8, 4) is 0 Å². The predicted molar refractivity (Wildman–Crippen MR) is 82.3 cm³/mol. The van der Waals surface area contributed by atoms with Crippen LogP contribution < -0.4 is 11.1 Å². The van der Waals surface area contributed by atoms with Crippen LogP contribution in [-0.2, 0) is 12.8 Å². The summed E-state index contributed by atoms with van der Waals surface area (Å²) in [5, 5.41) is 3.29. The van der Waals surface area contributed by atoms with Crippen molar-refractivity contribution in [3.05, 3.63) is 58.1 Å². The summed E-state index contributed by atoms with van der Waals surface area (Å²) in [4.78, 5) is 12.3. The van der Waals surface area contributed by atoms with Crippen LogP contribution in [0.2, 0.25) is 5.02 Å². The van der Waals surface area contributed by atoms with Crippen LogP contribution in [0.3, 0.4) is 0 Å². The fourth-order valence-corrected chi connectivity index (χ4v) is 2.71. The quantitative estimate of drug-likeness (QED) is 0.828. The normalized spacial score (nSPS) is 13.1. The second-order valence-electron chi connectivity index (χ2n) is 5.03. The molecule has 1 aliphatic carbocycles. The number of nitrogens with two attached hydrogens (primary N) is 1. The monoisotopic (exact) mass is 286 g/mol. The number of fused-ring (bicyclic) bond motifs is 1. The number of aryl methyl sites for hydroxylation is 2. The van der Waals surface area contributed by atoms with Gasteiger partial charge in [-0.05, 0) is 60.7 Å². The molecule has 1 aliphatic rings. The molecule has 0 radical (unpaired) electrons. The maximum atomic E-state index is 12.3. The van der Waals surface area contributed by atoms with Crippen molar-refractivity contribution in [2.45, 2.75) is 19.3 Å². The van der Waals surface area contributed by atoms with E-state index in [1.165, 1.54) is 17.5 Å². The van der Waals surface area contributed by atoms with Gasteiger partial charge in [0.15, 0.2) is 0 Å². The lowest BCUT2D eigenvalue weighted by Crippen LogP contribution is -2.12. The van der Waals surface area contributed by atoms with Crippen LogP contribution in [0.4, 0.5) is 11.4 Å². The zero-order chi connectivity index (χ0) is 14.1. The first-order valence-corrected chi connectivity index (χ1v) is 6.99. The van der Waals surface area contributed by atoms with E-state index in [1.54, 1.807) is 18.2 Å². The Hall–Kier alpha value is -2.00. The predicted octanol–water partition coefficient (Wildman–Crippen LogP) is 3.66. The molecule has 0 saturated heterocycles. The molecule has 0 saturated carbocycles. The maximum absolute atomic E-state index is 12.3. The number of rotatable bonds is 2. The van der Waals surface area contributed by atoms with E-state index in [1.807, 2.05) is 18.2 Å². The first-order chi connectivity index (χ1) is 9.63. The highest BCUT2D eigenvalue weighted by atomic mass is 35.5. The van der Waals surface area contributed by atoms with Crippen molar-refractivity contribution in [1.29, 1.82) is 0 Å². The van der Waals surface area contributed by atoms with Gasteiger partial charge in [-0.3, -0.25) is 4.79 Å². The lowest BCUT2D eigenvalue weighted by atomic mass is 10.1. The summed E-state index contributed by atoms with van der Waals surface area (Å²) in [6, 6.07) is 10.9. The average molecular weight is 287 g/mol. The number of nitrogens with one attached hydrogen (secondary N) is 1. The topological polar surface area (TPSA) is 55.1 Å². The Morgan fingerprint density at radius 3 is 2.75 bits per heavy atom. The third-order valence-corrected chi connectivity index (χ3v) is 3.93. The van der Waals surface area contributed by atoms with Crippen LogP contribution in [0, 0.1) is 0 Å². The van der Waals surface area contributed by atoms with E-state index in [0.717, 1.165) is 12.8 Å². The van der Waals surface area contributed by atoms with Gasteiger partial charge in [-0.2, -0.15) is 0 Å². The molecular weight excluding hydrogens is 272 g/mol. The van der Waals surface area contributed by atoms with Crippen LogP contribution >= 0.6 is 11.6 Å². The Labute approximate surface area is 122 Å². The molecule has 102 valence electrons. The molecule has 2 aromatic rings. The molecule has 20 heavy (non-hydrogen) atoms. The van der Waals surface area contributed by atoms with E-state index >= 15 is 0 Å². The molecule has 3 rings (SSSR count). The lowest BCUT2D eigenvalue weighted by Gasteiger charge is -2.09. The maximum Gasteiger partial charge on any atom is 0.255 e. The molecule has 2 aromatic carbocycles. The van der Waals surface area contributed by atoms with Gasteiger partial charge in [-0.25, -0.2) is 0 Å². The van der Waals surface area contributed by atoms with Gasteiger partial charge in [0.2, 0.25) is 0 Å². The molecule has 3 N–H and O–H groups in total. The summed E-state index contributed by atoms with van der Waals surface area (Å²) in [5.41, 5.74) is 10.1. The summed E-state index contributed by atoms with van der Waals surface area (Å²) in [5.74, 6) is -0.160. The van der Waals surface area contributed by atoms with E-state index in [4.69, 9.17) is 17.3 Å². The second kappa shape index (κ2) is 5.17. The Morgan fingerprint density at radius 1 is 1.10 bits per heavy atom. The first kappa shape index (κ1) is 13.0. The average Bonchev–Trinajstić information content (AvgIpc) is 2.90. The van der Waals surface area contributed by atoms with Crippen molar-refractivity contribution in [3.63, 3.8) is 0 Å². The number of amides is 1. The molecule has 0 atom stereocenters. The Morgan fingerprint density at radius 2 is 1.90 bits per heavy atom. The highest BCUT2D eigenvalue weighted by Crippen LogP contribution is 2.26. The SMILES string of the molecule is Nc1ccc(Cl)c(NC(=O)c2ccc3c(c2)CCC3)c1. The number of hydrogen-bond acceptors (Lipinski definition) is 2. The van der Waals surface area contributed by atoms with Crippen molar-refractivity contribution >= 4 is 28.9 Å². The van der Waals surface area contributed by atoms with Crippen LogP contribution in [0.5, 0.6) is 0 Å². The van der Waals surface area contributed by atoms with E-state index in [9.17, 15) is 4.79 Å². The Bertz CT molecular complexity index is 682. The molecule has 0 aromatic heterocycles. The second-order valence-corrected chi connectivity index (χ2v) is 5.44. The number of carbonyl (C=O) groups is 1. The summed E-state index contributed by atoms with van der Waals surface area (Å²) in [6.07, 6.45) is 3.33. The summed E-state index contributed by atoms with van der Waals surface area (Å²) < 4.78 is 0. The molecule has 0 fully saturated rings. The van der Waals surface area contributed by atoms with E-state index in [2.05, 4.69) is 5.32 Å². The van der Waals surface area contributed by atoms with Crippen molar-refractivity contribution in [1.82, 2.24) is 0 Å². The Balaban J connectivity index is 1.84. The van der Waals surface area contributed by atoms with Gasteiger partial charge in [0, 0.05) is 11.3 Å². The van der Waals surface area contributed by atoms with Crippen molar-refractivity contribution in [2.75, 3.05) is 11.1 Å². The van der Waals surface area contributed by atoms with Gasteiger partial charge in [-0.1, -0.05) is 17.7 Å². The summed E-state index contributed by atoms with van der Waals surface area (Å²) >= 11 is 6.05. The molecule has 1 amide bonds. The Kier molecular flexibility index (Phi) is 3.36. The lowest BCUT2D eigenvalue weighted by molar-refractivity contribution is 0.102. The molecule has 0 aliphatic heterocycles. The van der Waals surface area contributed by atoms with Crippen molar-refractivity contribution in [2.24, 2.45) is 0 Å². The van der Waals surface area contributed by atoms with Gasteiger partial charge in [-0.15, -0.1) is 0 Å². The number of nitrogen functional groups attached to an aromatic ring is 1. The molecule has 3 nitrogen and oxygen atoms in total. The molecular formula is C16H15ClN2O. The van der Waals surface area contributed by atoms with Gasteiger partial charge >= 0.3 is 0 Å². The third kappa shape index (κ3) is 2.49. The molecule has 0 bridgehead atoms. The van der Waals surface area contributed by atoms with Crippen LogP contribution in [0.15, 0.2) is 36.4 Å². The summed E-state index contributed by atoms with van der Waals surface area (Å²) in [7, 11) is 0. The third-order valence-electron chi connectivity index (χ3n) is 3.60. The largest absolute Gasteiger partial charge is 0.399 e. The number of anilines is 2. The van der Waals surface area contributed by atoms with Crippen molar-refractivity contribution < 1.29 is 4.79 Å². The number of carbonyl (C=O) groups excluding carboxylic acids is 1. The fourth-order valence-electron chi connectivity index (χ4n) is 2.55. The minimum Gasteiger partial charge on any atom is -0.399 e. The standard InChI is InChI=1S/C16H15ClN2O/c17-14-7-6-13(18)9-15(14)19-16(20)12-5-4-10-2-1-3-11(10)8-12/h4-9H,1-3,18H2,(H,19,20). The number of halogens is 1. The molecule has 0 spiro atoms. The fraction of sp³-hybridized carbons (Fsp3) is 0.188. The first-order valence-electron chi connectivity index (χ1n) is 6.61. The van der Waals surface area contributed by atoms with Crippen LogP contribution in [-0.4, -0.2) is 5.91 Å². The zero-order valence-electron chi connectivity index (χ0n) is 10.9. The molecule has 0 heterocycles. The van der Waals surface area contributed by atoms with E-state index in [-0.39, 0.29) is 5.91 Å². The molecule has 0 unspecified atom stereocenters. The summed E-state index contributed by atoms with van der Waals surface area (Å²) in [6.45, 7) is 0. The minimum absolute atomic E-state index is 0.160. The number of benzene rings is 2. The van der Waals surface area contributed by atoms with Gasteiger partial charge < -0.3 is 11.1 Å². The molecule has 4 heteroatoms. The van der Waals surface area contributed by atoms with E-state index in [0.29, 0.717) is 22.0 Å². The van der Waals surface area contributed by atoms with E-state index < -0.39 is 0 Å². The van der Waals surface area contributed by atoms with Gasteiger partial charge in [0.25, 0.3) is 5.91 Å². The smallest absolute Gasteiger partial charge is 0.255 e. The number of hydrogen-bond donors (Lipinski definition) is 2. The van der Waals surface area contributed by atoms with Gasteiger partial charge in [0.1, 0.15) is 0 Å². The highest BCUT2D eigenvalue weighted by molar-refractivity contribution is 6.34. The van der Waals surface area contributed by atoms with Crippen LogP contribution in [0.25, 0.3) is 0 Å².